The van der Waals surface area contributed by atoms with Crippen molar-refractivity contribution in [3.63, 3.8) is 0 Å². The first-order valence-electron chi connectivity index (χ1n) is 5.30. The predicted molar refractivity (Wildman–Crippen MR) is 68.2 cm³/mol. The lowest BCUT2D eigenvalue weighted by atomic mass is 10.0. The molecule has 1 heterocycles. The second-order valence-electron chi connectivity index (χ2n) is 3.90. The molecule has 7 heteroatoms. The smallest absolute Gasteiger partial charge is 0.123 e. The van der Waals surface area contributed by atoms with E-state index in [1.165, 1.54) is 18.2 Å². The largest absolute Gasteiger partial charge is 0.384 e. The van der Waals surface area contributed by atoms with Crippen LogP contribution in [0, 0.1) is 5.82 Å². The van der Waals surface area contributed by atoms with Gasteiger partial charge < -0.3 is 5.73 Å². The second-order valence-corrected chi connectivity index (χ2v) is 4.31. The molecule has 0 aliphatic heterocycles. The minimum absolute atomic E-state index is 0.289. The molecule has 0 spiro atoms. The number of hydrogen-bond donors (Lipinski definition) is 4. The molecule has 2 rings (SSSR count). The maximum Gasteiger partial charge on any atom is 0.123 e. The monoisotopic (exact) mass is 269 g/mol. The Morgan fingerprint density at radius 3 is 2.89 bits per heavy atom. The molecule has 96 valence electrons. The van der Waals surface area contributed by atoms with Gasteiger partial charge in [0.05, 0.1) is 12.2 Å². The lowest BCUT2D eigenvalue weighted by molar-refractivity contribution is 0.550. The number of halogens is 2. The molecule has 0 amide bonds. The number of anilines is 1. The van der Waals surface area contributed by atoms with Crippen molar-refractivity contribution >= 4 is 17.4 Å². The zero-order chi connectivity index (χ0) is 13.1. The van der Waals surface area contributed by atoms with Gasteiger partial charge in [0.25, 0.3) is 0 Å². The van der Waals surface area contributed by atoms with Gasteiger partial charge in [-0.2, -0.15) is 5.10 Å². The first-order chi connectivity index (χ1) is 8.61. The van der Waals surface area contributed by atoms with E-state index in [1.807, 2.05) is 0 Å². The van der Waals surface area contributed by atoms with Gasteiger partial charge in [-0.1, -0.05) is 11.6 Å². The van der Waals surface area contributed by atoms with Crippen LogP contribution in [0.3, 0.4) is 0 Å². The molecule has 18 heavy (non-hydrogen) atoms. The van der Waals surface area contributed by atoms with E-state index in [0.29, 0.717) is 22.8 Å². The minimum Gasteiger partial charge on any atom is -0.384 e. The molecule has 0 radical (unpaired) electrons. The number of hydrogen-bond acceptors (Lipinski definition) is 4. The summed E-state index contributed by atoms with van der Waals surface area (Å²) in [6, 6.07) is 3.91. The van der Waals surface area contributed by atoms with Gasteiger partial charge in [-0.3, -0.25) is 16.4 Å². The molecule has 6 N–H and O–H groups in total. The number of nitrogens with zero attached hydrogens (tertiary/aromatic N) is 1. The topological polar surface area (TPSA) is 92.7 Å². The average molecular weight is 270 g/mol. The number of nitrogen functional groups attached to an aromatic ring is 1. The number of rotatable bonds is 4. The number of nitrogens with one attached hydrogen (secondary N) is 2. The normalized spacial score (nSPS) is 12.6. The van der Waals surface area contributed by atoms with Crippen molar-refractivity contribution in [3.05, 3.63) is 46.4 Å². The van der Waals surface area contributed by atoms with E-state index in [0.717, 1.165) is 5.56 Å². The summed E-state index contributed by atoms with van der Waals surface area (Å²) in [4.78, 5) is 0. The number of H-pyrrole nitrogens is 1. The molecular formula is C11H13ClFN5. The lowest BCUT2D eigenvalue weighted by Gasteiger charge is -2.16. The maximum atomic E-state index is 13.2. The molecule has 0 saturated carbocycles. The molecule has 1 aromatic heterocycles. The number of hydrazine groups is 1. The van der Waals surface area contributed by atoms with Crippen molar-refractivity contribution in [2.24, 2.45) is 5.84 Å². The summed E-state index contributed by atoms with van der Waals surface area (Å²) in [5.41, 5.74) is 9.71. The van der Waals surface area contributed by atoms with Crippen molar-refractivity contribution in [2.45, 2.75) is 12.5 Å². The maximum absolute atomic E-state index is 13.2. The summed E-state index contributed by atoms with van der Waals surface area (Å²) in [6.07, 6.45) is 1.99. The van der Waals surface area contributed by atoms with E-state index in [-0.39, 0.29) is 11.9 Å². The van der Waals surface area contributed by atoms with E-state index < -0.39 is 0 Å². The number of aromatic amines is 1. The first-order valence-corrected chi connectivity index (χ1v) is 5.68. The number of nitrogens with two attached hydrogens (primary N) is 2. The zero-order valence-electron chi connectivity index (χ0n) is 9.45. The Bertz CT molecular complexity index is 542. The third-order valence-electron chi connectivity index (χ3n) is 2.71. The molecular weight excluding hydrogens is 257 g/mol. The van der Waals surface area contributed by atoms with Crippen molar-refractivity contribution in [2.75, 3.05) is 5.73 Å². The number of benzene rings is 1. The van der Waals surface area contributed by atoms with Crippen LogP contribution in [-0.2, 0) is 6.42 Å². The van der Waals surface area contributed by atoms with E-state index in [9.17, 15) is 4.39 Å². The van der Waals surface area contributed by atoms with E-state index in [2.05, 4.69) is 15.6 Å². The Morgan fingerprint density at radius 1 is 1.50 bits per heavy atom. The molecule has 0 fully saturated rings. The zero-order valence-corrected chi connectivity index (χ0v) is 10.2. The molecule has 1 unspecified atom stereocenters. The van der Waals surface area contributed by atoms with Crippen LogP contribution in [0.1, 0.15) is 17.2 Å². The SMILES string of the molecule is NNC(Cc1cc(F)ccc1Cl)c1cn[nH]c1N. The van der Waals surface area contributed by atoms with Crippen molar-refractivity contribution in [3.8, 4) is 0 Å². The molecule has 0 aliphatic rings. The Labute approximate surface area is 108 Å². The fraction of sp³-hybridized carbons (Fsp3) is 0.182. The van der Waals surface area contributed by atoms with Crippen LogP contribution in [0.15, 0.2) is 24.4 Å². The summed E-state index contributed by atoms with van der Waals surface area (Å²) >= 11 is 6.01. The average Bonchev–Trinajstić information content (AvgIpc) is 2.77. The molecule has 1 atom stereocenters. The lowest BCUT2D eigenvalue weighted by Crippen LogP contribution is -2.30. The first kappa shape index (κ1) is 12.8. The van der Waals surface area contributed by atoms with Crippen molar-refractivity contribution in [1.82, 2.24) is 15.6 Å². The highest BCUT2D eigenvalue weighted by atomic mass is 35.5. The Hall–Kier alpha value is -1.63. The van der Waals surface area contributed by atoms with Crippen molar-refractivity contribution in [1.29, 1.82) is 0 Å². The summed E-state index contributed by atoms with van der Waals surface area (Å²) in [6.45, 7) is 0. The quantitative estimate of drug-likeness (QED) is 0.500. The van der Waals surface area contributed by atoms with Crippen LogP contribution in [-0.4, -0.2) is 10.2 Å². The van der Waals surface area contributed by atoms with Gasteiger partial charge in [0.15, 0.2) is 0 Å². The highest BCUT2D eigenvalue weighted by Gasteiger charge is 2.17. The van der Waals surface area contributed by atoms with Crippen LogP contribution in [0.4, 0.5) is 10.2 Å². The van der Waals surface area contributed by atoms with Gasteiger partial charge in [-0.25, -0.2) is 4.39 Å². The third kappa shape index (κ3) is 2.61. The van der Waals surface area contributed by atoms with E-state index in [4.69, 9.17) is 23.2 Å². The third-order valence-corrected chi connectivity index (χ3v) is 3.08. The van der Waals surface area contributed by atoms with Gasteiger partial charge >= 0.3 is 0 Å². The molecule has 5 nitrogen and oxygen atoms in total. The fourth-order valence-corrected chi connectivity index (χ4v) is 1.96. The highest BCUT2D eigenvalue weighted by Crippen LogP contribution is 2.25. The predicted octanol–water partition coefficient (Wildman–Crippen LogP) is 1.53. The fourth-order valence-electron chi connectivity index (χ4n) is 1.76. The van der Waals surface area contributed by atoms with Crippen LogP contribution in [0.25, 0.3) is 0 Å². The van der Waals surface area contributed by atoms with Crippen LogP contribution >= 0.6 is 11.6 Å². The van der Waals surface area contributed by atoms with Crippen LogP contribution < -0.4 is 17.0 Å². The summed E-state index contributed by atoms with van der Waals surface area (Å²) in [5.74, 6) is 5.56. The molecule has 1 aromatic carbocycles. The van der Waals surface area contributed by atoms with Gasteiger partial charge in [-0.15, -0.1) is 0 Å². The van der Waals surface area contributed by atoms with Gasteiger partial charge in [-0.05, 0) is 30.2 Å². The van der Waals surface area contributed by atoms with Gasteiger partial charge in [0.2, 0.25) is 0 Å². The van der Waals surface area contributed by atoms with Crippen LogP contribution in [0.2, 0.25) is 5.02 Å². The number of aromatic nitrogens is 2. The summed E-state index contributed by atoms with van der Waals surface area (Å²) < 4.78 is 13.2. The molecule has 0 bridgehead atoms. The summed E-state index contributed by atoms with van der Waals surface area (Å²) in [7, 11) is 0. The Morgan fingerprint density at radius 2 is 2.28 bits per heavy atom. The van der Waals surface area contributed by atoms with E-state index >= 15 is 0 Å². The molecule has 0 aliphatic carbocycles. The van der Waals surface area contributed by atoms with Crippen molar-refractivity contribution < 1.29 is 4.39 Å². The molecule has 0 saturated heterocycles. The van der Waals surface area contributed by atoms with Crippen LogP contribution in [0.5, 0.6) is 0 Å². The van der Waals surface area contributed by atoms with E-state index in [1.54, 1.807) is 6.20 Å². The standard InChI is InChI=1S/C11H13ClFN5/c12-9-2-1-7(13)3-6(9)4-10(17-15)8-5-16-18-11(8)14/h1-3,5,10,17H,4,15H2,(H3,14,16,18). The highest BCUT2D eigenvalue weighted by molar-refractivity contribution is 6.31. The minimum atomic E-state index is -0.342. The second kappa shape index (κ2) is 5.34. The Balaban J connectivity index is 2.26. The van der Waals surface area contributed by atoms with Gasteiger partial charge in [0.1, 0.15) is 11.6 Å². The molecule has 2 aromatic rings. The Kier molecular flexibility index (Phi) is 3.81. The summed E-state index contributed by atoms with van der Waals surface area (Å²) in [5, 5.41) is 6.92. The van der Waals surface area contributed by atoms with Gasteiger partial charge in [0, 0.05) is 10.6 Å².